The van der Waals surface area contributed by atoms with E-state index in [0.29, 0.717) is 17.1 Å². The van der Waals surface area contributed by atoms with Gasteiger partial charge in [-0.3, -0.25) is 0 Å². The third kappa shape index (κ3) is 5.72. The molecule has 0 heterocycles. The van der Waals surface area contributed by atoms with Crippen molar-refractivity contribution < 1.29 is 42.8 Å². The van der Waals surface area contributed by atoms with Gasteiger partial charge in [0.15, 0.2) is 11.5 Å². The Labute approximate surface area is 185 Å². The topological polar surface area (TPSA) is 159 Å². The second-order valence-electron chi connectivity index (χ2n) is 5.88. The molecule has 0 radical (unpaired) electrons. The summed E-state index contributed by atoms with van der Waals surface area (Å²) in [5.74, 6) is -0.685. The molecule has 0 spiro atoms. The highest BCUT2D eigenvalue weighted by atomic mass is 16.5. The van der Waals surface area contributed by atoms with Crippen LogP contribution in [0.3, 0.4) is 0 Å². The highest BCUT2D eigenvalue weighted by Crippen LogP contribution is 2.43. The van der Waals surface area contributed by atoms with Crippen LogP contribution >= 0.6 is 0 Å². The second-order valence-corrected chi connectivity index (χ2v) is 5.88. The largest absolute Gasteiger partial charge is 0.493 e. The molecule has 2 rings (SSSR count). The van der Waals surface area contributed by atoms with Crippen LogP contribution in [-0.2, 0) is 14.2 Å². The van der Waals surface area contributed by atoms with E-state index in [0.717, 1.165) is 0 Å². The zero-order valence-corrected chi connectivity index (χ0v) is 18.6. The first kappa shape index (κ1) is 25.9. The molecule has 2 aromatic carbocycles. The summed E-state index contributed by atoms with van der Waals surface area (Å²) in [5.41, 5.74) is 12.4. The van der Waals surface area contributed by atoms with Crippen LogP contribution in [0, 0.1) is 0 Å². The van der Waals surface area contributed by atoms with Crippen LogP contribution in [0.5, 0.6) is 17.2 Å². The van der Waals surface area contributed by atoms with Crippen LogP contribution in [0.25, 0.3) is 0 Å². The summed E-state index contributed by atoms with van der Waals surface area (Å²) < 4.78 is 29.0. The Kier molecular flexibility index (Phi) is 9.62. The van der Waals surface area contributed by atoms with Gasteiger partial charge in [0.05, 0.1) is 65.0 Å². The number of methoxy groups -OCH3 is 6. The molecule has 0 aliphatic carbocycles. The van der Waals surface area contributed by atoms with Gasteiger partial charge in [-0.1, -0.05) is 0 Å². The van der Waals surface area contributed by atoms with E-state index in [1.165, 1.54) is 66.9 Å². The van der Waals surface area contributed by atoms with E-state index in [1.54, 1.807) is 0 Å². The fourth-order valence-electron chi connectivity index (χ4n) is 2.56. The summed E-state index contributed by atoms with van der Waals surface area (Å²) >= 11 is 0. The predicted octanol–water partition coefficient (Wildman–Crippen LogP) is 1.92. The fraction of sp³-hybridized carbons (Fsp3) is 0.286. The van der Waals surface area contributed by atoms with Crippen molar-refractivity contribution >= 4 is 29.3 Å². The van der Waals surface area contributed by atoms with Crippen molar-refractivity contribution in [3.63, 3.8) is 0 Å². The van der Waals surface area contributed by atoms with Crippen LogP contribution in [0.2, 0.25) is 0 Å². The highest BCUT2D eigenvalue weighted by molar-refractivity contribution is 5.99. The zero-order valence-electron chi connectivity index (χ0n) is 18.6. The quantitative estimate of drug-likeness (QED) is 0.376. The Morgan fingerprint density at radius 1 is 0.656 bits per heavy atom. The lowest BCUT2D eigenvalue weighted by molar-refractivity contribution is 0.0587. The first-order valence-electron chi connectivity index (χ1n) is 8.93. The number of carbonyl (C=O) groups excluding carboxylic acids is 3. The molecular formula is C21H26N2O9. The van der Waals surface area contributed by atoms with E-state index in [4.69, 9.17) is 25.7 Å². The Hall–Kier alpha value is -4.15. The van der Waals surface area contributed by atoms with Crippen molar-refractivity contribution in [3.05, 3.63) is 41.0 Å². The summed E-state index contributed by atoms with van der Waals surface area (Å²) in [4.78, 5) is 33.8. The minimum Gasteiger partial charge on any atom is -0.493 e. The molecular weight excluding hydrogens is 424 g/mol. The molecule has 0 unspecified atom stereocenters. The SMILES string of the molecule is COC(=O)c1cc(OC)c(OC)c(OC)c1N.COC(=O)c1ccc(C(=O)OC)c(N)c1. The van der Waals surface area contributed by atoms with Crippen molar-refractivity contribution in [3.8, 4) is 17.2 Å². The fourth-order valence-corrected chi connectivity index (χ4v) is 2.56. The van der Waals surface area contributed by atoms with E-state index in [9.17, 15) is 14.4 Å². The lowest BCUT2D eigenvalue weighted by Gasteiger charge is -2.16. The van der Waals surface area contributed by atoms with Gasteiger partial charge in [-0.15, -0.1) is 0 Å². The Bertz CT molecular complexity index is 990. The molecule has 11 heteroatoms. The average molecular weight is 450 g/mol. The normalized spacial score (nSPS) is 9.56. The molecule has 0 saturated carbocycles. The Morgan fingerprint density at radius 2 is 1.19 bits per heavy atom. The molecule has 0 aromatic heterocycles. The maximum Gasteiger partial charge on any atom is 0.340 e. The van der Waals surface area contributed by atoms with E-state index in [2.05, 4.69) is 14.2 Å². The molecule has 0 bridgehead atoms. The van der Waals surface area contributed by atoms with E-state index in [-0.39, 0.29) is 28.3 Å². The van der Waals surface area contributed by atoms with Crippen molar-refractivity contribution in [1.82, 2.24) is 0 Å². The van der Waals surface area contributed by atoms with Crippen LogP contribution in [0.4, 0.5) is 11.4 Å². The third-order valence-electron chi connectivity index (χ3n) is 4.15. The van der Waals surface area contributed by atoms with Gasteiger partial charge >= 0.3 is 17.9 Å². The number of hydrogen-bond acceptors (Lipinski definition) is 11. The number of nitrogens with two attached hydrogens (primary N) is 2. The molecule has 0 fully saturated rings. The lowest BCUT2D eigenvalue weighted by Crippen LogP contribution is -2.09. The zero-order chi connectivity index (χ0) is 24.4. The molecule has 0 aliphatic rings. The predicted molar refractivity (Wildman–Crippen MR) is 115 cm³/mol. The van der Waals surface area contributed by atoms with Crippen LogP contribution < -0.4 is 25.7 Å². The van der Waals surface area contributed by atoms with Crippen molar-refractivity contribution in [2.45, 2.75) is 0 Å². The molecule has 174 valence electrons. The minimum absolute atomic E-state index is 0.150. The van der Waals surface area contributed by atoms with Crippen LogP contribution in [0.1, 0.15) is 31.1 Å². The van der Waals surface area contributed by atoms with Gasteiger partial charge in [0.2, 0.25) is 5.75 Å². The Morgan fingerprint density at radius 3 is 1.62 bits per heavy atom. The maximum atomic E-state index is 11.5. The van der Waals surface area contributed by atoms with Gasteiger partial charge in [-0.2, -0.15) is 0 Å². The number of nitrogen functional groups attached to an aromatic ring is 2. The van der Waals surface area contributed by atoms with Gasteiger partial charge < -0.3 is 39.9 Å². The first-order valence-corrected chi connectivity index (χ1v) is 8.93. The number of rotatable bonds is 6. The first-order chi connectivity index (χ1) is 15.2. The third-order valence-corrected chi connectivity index (χ3v) is 4.15. The monoisotopic (exact) mass is 450 g/mol. The van der Waals surface area contributed by atoms with Crippen molar-refractivity contribution in [2.24, 2.45) is 0 Å². The van der Waals surface area contributed by atoms with Crippen LogP contribution in [-0.4, -0.2) is 60.6 Å². The lowest BCUT2D eigenvalue weighted by atomic mass is 10.1. The van der Waals surface area contributed by atoms with E-state index >= 15 is 0 Å². The smallest absolute Gasteiger partial charge is 0.340 e. The second kappa shape index (κ2) is 11.9. The molecule has 32 heavy (non-hydrogen) atoms. The molecule has 0 amide bonds. The molecule has 4 N–H and O–H groups in total. The standard InChI is InChI=1S/C11H15NO5.C10H11NO4/c1-14-7-5-6(11(13)17-4)8(12)10(16-3)9(7)15-2;1-14-9(12)6-3-4-7(8(11)5-6)10(13)15-2/h5H,12H2,1-4H3;3-5H,11H2,1-2H3. The maximum absolute atomic E-state index is 11.5. The van der Waals surface area contributed by atoms with Gasteiger partial charge in [0, 0.05) is 11.8 Å². The van der Waals surface area contributed by atoms with E-state index < -0.39 is 17.9 Å². The molecule has 11 nitrogen and oxygen atoms in total. The van der Waals surface area contributed by atoms with Crippen molar-refractivity contribution in [1.29, 1.82) is 0 Å². The number of carbonyl (C=O) groups is 3. The van der Waals surface area contributed by atoms with Crippen molar-refractivity contribution in [2.75, 3.05) is 54.1 Å². The molecule has 0 saturated heterocycles. The number of anilines is 2. The molecule has 0 atom stereocenters. The molecule has 2 aromatic rings. The summed E-state index contributed by atoms with van der Waals surface area (Å²) in [6.45, 7) is 0. The summed E-state index contributed by atoms with van der Waals surface area (Å²) in [6, 6.07) is 5.70. The number of esters is 3. The van der Waals surface area contributed by atoms with Gasteiger partial charge in [-0.05, 0) is 18.2 Å². The van der Waals surface area contributed by atoms with Crippen LogP contribution in [0.15, 0.2) is 24.3 Å². The highest BCUT2D eigenvalue weighted by Gasteiger charge is 2.22. The van der Waals surface area contributed by atoms with Gasteiger partial charge in [-0.25, -0.2) is 14.4 Å². The van der Waals surface area contributed by atoms with Gasteiger partial charge in [0.1, 0.15) is 0 Å². The number of hydrogen-bond donors (Lipinski definition) is 2. The van der Waals surface area contributed by atoms with E-state index in [1.807, 2.05) is 0 Å². The average Bonchev–Trinajstić information content (AvgIpc) is 2.82. The number of benzene rings is 2. The minimum atomic E-state index is -0.568. The summed E-state index contributed by atoms with van der Waals surface area (Å²) in [7, 11) is 8.13. The summed E-state index contributed by atoms with van der Waals surface area (Å²) in [5, 5.41) is 0. The van der Waals surface area contributed by atoms with Gasteiger partial charge in [0.25, 0.3) is 0 Å². The number of ether oxygens (including phenoxy) is 6. The molecule has 0 aliphatic heterocycles. The Balaban J connectivity index is 0.000000323. The summed E-state index contributed by atoms with van der Waals surface area (Å²) in [6.07, 6.45) is 0.